The van der Waals surface area contributed by atoms with Crippen LogP contribution in [0.2, 0.25) is 0 Å². The Balaban J connectivity index is 2.23. The van der Waals surface area contributed by atoms with Crippen LogP contribution in [0.5, 0.6) is 5.75 Å². The Kier molecular flexibility index (Phi) is 4.68. The Morgan fingerprint density at radius 2 is 1.89 bits per heavy atom. The molecule has 1 aliphatic rings. The quantitative estimate of drug-likeness (QED) is 0.784. The molecule has 0 bridgehead atoms. The molecule has 1 fully saturated rings. The second-order valence-corrected chi connectivity index (χ2v) is 5.79. The summed E-state index contributed by atoms with van der Waals surface area (Å²) in [4.78, 5) is 0. The molecule has 1 aromatic carbocycles. The number of aryl methyl sites for hydroxylation is 2. The van der Waals surface area contributed by atoms with E-state index in [1.54, 1.807) is 0 Å². The van der Waals surface area contributed by atoms with Crippen molar-refractivity contribution in [2.45, 2.75) is 71.1 Å². The van der Waals surface area contributed by atoms with Crippen LogP contribution in [-0.2, 0) is 6.42 Å². The monoisotopic (exact) mass is 246 g/mol. The Labute approximate surface area is 111 Å². The molecule has 1 N–H and O–H groups in total. The average Bonchev–Trinajstić information content (AvgIpc) is 2.41. The molecule has 1 saturated carbocycles. The van der Waals surface area contributed by atoms with Gasteiger partial charge in [0.05, 0.1) is 0 Å². The molecule has 1 aliphatic carbocycles. The van der Waals surface area contributed by atoms with Crippen molar-refractivity contribution < 1.29 is 5.11 Å². The first-order chi connectivity index (χ1) is 8.72. The minimum absolute atomic E-state index is 0.558. The van der Waals surface area contributed by atoms with E-state index >= 15 is 0 Å². The van der Waals surface area contributed by atoms with Crippen molar-refractivity contribution in [1.82, 2.24) is 0 Å². The molecule has 0 heterocycles. The van der Waals surface area contributed by atoms with E-state index in [1.807, 2.05) is 6.92 Å². The van der Waals surface area contributed by atoms with Gasteiger partial charge in [0, 0.05) is 0 Å². The Hall–Kier alpha value is -0.980. The van der Waals surface area contributed by atoms with Gasteiger partial charge in [-0.05, 0) is 55.2 Å². The maximum absolute atomic E-state index is 10.3. The largest absolute Gasteiger partial charge is 0.507 e. The third kappa shape index (κ3) is 3.07. The molecule has 1 aromatic rings. The Morgan fingerprint density at radius 3 is 2.56 bits per heavy atom. The van der Waals surface area contributed by atoms with Crippen LogP contribution in [0.15, 0.2) is 12.1 Å². The van der Waals surface area contributed by atoms with Crippen LogP contribution in [0.1, 0.15) is 74.5 Å². The first-order valence-corrected chi connectivity index (χ1v) is 7.54. The number of aromatic hydroxyl groups is 1. The molecule has 1 heteroatoms. The molecule has 0 aliphatic heterocycles. The van der Waals surface area contributed by atoms with Crippen molar-refractivity contribution in [3.63, 3.8) is 0 Å². The SMILES string of the molecule is CCCCc1cc(C)c(O)c(C2CCCCC2)c1. The summed E-state index contributed by atoms with van der Waals surface area (Å²) >= 11 is 0. The molecule has 0 aromatic heterocycles. The molecule has 0 saturated heterocycles. The fourth-order valence-corrected chi connectivity index (χ4v) is 3.13. The highest BCUT2D eigenvalue weighted by Gasteiger charge is 2.20. The van der Waals surface area contributed by atoms with Crippen molar-refractivity contribution in [3.05, 3.63) is 28.8 Å². The highest BCUT2D eigenvalue weighted by atomic mass is 16.3. The van der Waals surface area contributed by atoms with Crippen LogP contribution >= 0.6 is 0 Å². The van der Waals surface area contributed by atoms with E-state index in [-0.39, 0.29) is 0 Å². The van der Waals surface area contributed by atoms with Gasteiger partial charge >= 0.3 is 0 Å². The van der Waals surface area contributed by atoms with Crippen molar-refractivity contribution in [2.75, 3.05) is 0 Å². The fraction of sp³-hybridized carbons (Fsp3) is 0.647. The number of phenols is 1. The third-order valence-corrected chi connectivity index (χ3v) is 4.25. The molecule has 0 amide bonds. The lowest BCUT2D eigenvalue weighted by Gasteiger charge is -2.24. The Bertz CT molecular complexity index is 389. The lowest BCUT2D eigenvalue weighted by molar-refractivity contribution is 0.412. The highest BCUT2D eigenvalue weighted by molar-refractivity contribution is 5.45. The summed E-state index contributed by atoms with van der Waals surface area (Å²) in [6, 6.07) is 4.44. The Morgan fingerprint density at radius 1 is 1.17 bits per heavy atom. The molecule has 0 spiro atoms. The first-order valence-electron chi connectivity index (χ1n) is 7.54. The zero-order valence-corrected chi connectivity index (χ0v) is 11.8. The van der Waals surface area contributed by atoms with Crippen LogP contribution in [0.4, 0.5) is 0 Å². The second-order valence-electron chi connectivity index (χ2n) is 5.79. The van der Waals surface area contributed by atoms with E-state index in [1.165, 1.54) is 56.1 Å². The smallest absolute Gasteiger partial charge is 0.121 e. The van der Waals surface area contributed by atoms with Gasteiger partial charge in [-0.25, -0.2) is 0 Å². The normalized spacial score (nSPS) is 17.0. The van der Waals surface area contributed by atoms with E-state index in [2.05, 4.69) is 19.1 Å². The minimum atomic E-state index is 0.558. The van der Waals surface area contributed by atoms with Crippen molar-refractivity contribution in [2.24, 2.45) is 0 Å². The second kappa shape index (κ2) is 6.26. The van der Waals surface area contributed by atoms with Gasteiger partial charge in [0.2, 0.25) is 0 Å². The zero-order valence-electron chi connectivity index (χ0n) is 11.8. The van der Waals surface area contributed by atoms with Gasteiger partial charge in [0.25, 0.3) is 0 Å². The van der Waals surface area contributed by atoms with Gasteiger partial charge in [-0.1, -0.05) is 44.7 Å². The molecule has 100 valence electrons. The standard InChI is InChI=1S/C17H26O/c1-3-4-8-14-11-13(2)17(18)16(12-14)15-9-6-5-7-10-15/h11-12,15,18H,3-10H2,1-2H3. The van der Waals surface area contributed by atoms with Crippen LogP contribution in [-0.4, -0.2) is 5.11 Å². The van der Waals surface area contributed by atoms with Crippen LogP contribution in [0.3, 0.4) is 0 Å². The first kappa shape index (κ1) is 13.5. The number of unbranched alkanes of at least 4 members (excludes halogenated alkanes) is 1. The molecule has 2 rings (SSSR count). The molecule has 1 nitrogen and oxygen atoms in total. The number of hydrogen-bond acceptors (Lipinski definition) is 1. The van der Waals surface area contributed by atoms with E-state index < -0.39 is 0 Å². The van der Waals surface area contributed by atoms with Gasteiger partial charge in [-0.3, -0.25) is 0 Å². The summed E-state index contributed by atoms with van der Waals surface area (Å²) in [6.07, 6.45) is 10.1. The average molecular weight is 246 g/mol. The summed E-state index contributed by atoms with van der Waals surface area (Å²) in [7, 11) is 0. The topological polar surface area (TPSA) is 20.2 Å². The molecule has 0 atom stereocenters. The van der Waals surface area contributed by atoms with Gasteiger partial charge in [0.1, 0.15) is 5.75 Å². The van der Waals surface area contributed by atoms with Crippen molar-refractivity contribution in [1.29, 1.82) is 0 Å². The van der Waals surface area contributed by atoms with Crippen LogP contribution < -0.4 is 0 Å². The van der Waals surface area contributed by atoms with Gasteiger partial charge in [-0.2, -0.15) is 0 Å². The fourth-order valence-electron chi connectivity index (χ4n) is 3.13. The van der Waals surface area contributed by atoms with Crippen LogP contribution in [0.25, 0.3) is 0 Å². The number of rotatable bonds is 4. The third-order valence-electron chi connectivity index (χ3n) is 4.25. The summed E-state index contributed by atoms with van der Waals surface area (Å²) in [6.45, 7) is 4.27. The van der Waals surface area contributed by atoms with E-state index in [0.717, 1.165) is 12.0 Å². The molecule has 0 unspecified atom stereocenters. The van der Waals surface area contributed by atoms with E-state index in [0.29, 0.717) is 11.7 Å². The van der Waals surface area contributed by atoms with Crippen molar-refractivity contribution in [3.8, 4) is 5.75 Å². The van der Waals surface area contributed by atoms with Gasteiger partial charge < -0.3 is 5.11 Å². The summed E-state index contributed by atoms with van der Waals surface area (Å²) in [5.41, 5.74) is 3.69. The summed E-state index contributed by atoms with van der Waals surface area (Å²) in [5, 5.41) is 10.3. The predicted molar refractivity (Wildman–Crippen MR) is 77.3 cm³/mol. The van der Waals surface area contributed by atoms with E-state index in [4.69, 9.17) is 0 Å². The molecule has 18 heavy (non-hydrogen) atoms. The van der Waals surface area contributed by atoms with Crippen LogP contribution in [0, 0.1) is 6.92 Å². The molecule has 0 radical (unpaired) electrons. The molecular formula is C17H26O. The van der Waals surface area contributed by atoms with Gasteiger partial charge in [-0.15, -0.1) is 0 Å². The predicted octanol–water partition coefficient (Wildman–Crippen LogP) is 5.09. The summed E-state index contributed by atoms with van der Waals surface area (Å²) in [5.74, 6) is 1.15. The number of benzene rings is 1. The highest BCUT2D eigenvalue weighted by Crippen LogP contribution is 2.39. The van der Waals surface area contributed by atoms with Gasteiger partial charge in [0.15, 0.2) is 0 Å². The number of phenolic OH excluding ortho intramolecular Hbond substituents is 1. The maximum atomic E-state index is 10.3. The van der Waals surface area contributed by atoms with Crippen molar-refractivity contribution >= 4 is 0 Å². The minimum Gasteiger partial charge on any atom is -0.507 e. The maximum Gasteiger partial charge on any atom is 0.121 e. The van der Waals surface area contributed by atoms with E-state index in [9.17, 15) is 5.11 Å². The zero-order chi connectivity index (χ0) is 13.0. The summed E-state index contributed by atoms with van der Waals surface area (Å²) < 4.78 is 0. The molecular weight excluding hydrogens is 220 g/mol. The lowest BCUT2D eigenvalue weighted by atomic mass is 9.82. The lowest BCUT2D eigenvalue weighted by Crippen LogP contribution is -2.06. The number of hydrogen-bond donors (Lipinski definition) is 1.